The van der Waals surface area contributed by atoms with E-state index in [4.69, 9.17) is 4.74 Å². The van der Waals surface area contributed by atoms with E-state index in [-0.39, 0.29) is 11.4 Å². The molecule has 19 heavy (non-hydrogen) atoms. The molecule has 0 bridgehead atoms. The summed E-state index contributed by atoms with van der Waals surface area (Å²) in [5.74, 6) is 0.441. The Hall–Kier alpha value is -1.93. The third-order valence-corrected chi connectivity index (χ3v) is 4.06. The quantitative estimate of drug-likeness (QED) is 0.837. The van der Waals surface area contributed by atoms with E-state index in [9.17, 15) is 8.42 Å². The van der Waals surface area contributed by atoms with E-state index < -0.39 is 10.0 Å². The molecule has 102 valence electrons. The maximum absolute atomic E-state index is 12.0. The Bertz CT molecular complexity index is 666. The van der Waals surface area contributed by atoms with Crippen molar-refractivity contribution in [2.45, 2.75) is 18.4 Å². The lowest BCUT2D eigenvalue weighted by Gasteiger charge is -2.06. The van der Waals surface area contributed by atoms with Crippen LogP contribution in [-0.2, 0) is 16.6 Å². The van der Waals surface area contributed by atoms with Crippen LogP contribution in [0.25, 0.3) is 0 Å². The zero-order valence-electron chi connectivity index (χ0n) is 10.5. The van der Waals surface area contributed by atoms with Crippen molar-refractivity contribution in [3.63, 3.8) is 0 Å². The topological polar surface area (TPSA) is 97.0 Å². The van der Waals surface area contributed by atoms with E-state index in [1.807, 2.05) is 0 Å². The number of H-pyrrole nitrogens is 1. The van der Waals surface area contributed by atoms with Gasteiger partial charge in [-0.3, -0.25) is 5.10 Å². The molecule has 0 saturated carbocycles. The average Bonchev–Trinajstić information content (AvgIpc) is 2.84. The third kappa shape index (κ3) is 3.09. The van der Waals surface area contributed by atoms with Crippen LogP contribution in [0.1, 0.15) is 11.3 Å². The standard InChI is InChI=1S/C11H14N4O3S/c1-8-10(7-13-15-8)19(16,17)14-6-9-3-4-12-11(5-9)18-2/h3-5,7,14H,6H2,1-2H3,(H,13,15). The van der Waals surface area contributed by atoms with E-state index in [2.05, 4.69) is 19.9 Å². The first-order valence-corrected chi connectivity index (χ1v) is 7.00. The first kappa shape index (κ1) is 13.5. The van der Waals surface area contributed by atoms with Crippen LogP contribution in [0.15, 0.2) is 29.4 Å². The number of hydrogen-bond acceptors (Lipinski definition) is 5. The van der Waals surface area contributed by atoms with Gasteiger partial charge in [-0.05, 0) is 18.6 Å². The zero-order chi connectivity index (χ0) is 13.9. The normalized spacial score (nSPS) is 11.5. The summed E-state index contributed by atoms with van der Waals surface area (Å²) in [6, 6.07) is 3.39. The fraction of sp³-hybridized carbons (Fsp3) is 0.273. The lowest BCUT2D eigenvalue weighted by atomic mass is 10.3. The van der Waals surface area contributed by atoms with E-state index in [0.717, 1.165) is 5.56 Å². The number of ether oxygens (including phenoxy) is 1. The highest BCUT2D eigenvalue weighted by Crippen LogP contribution is 2.13. The number of pyridine rings is 1. The smallest absolute Gasteiger partial charge is 0.244 e. The number of aromatic nitrogens is 3. The average molecular weight is 282 g/mol. The van der Waals surface area contributed by atoms with Gasteiger partial charge >= 0.3 is 0 Å². The summed E-state index contributed by atoms with van der Waals surface area (Å²) in [7, 11) is -2.07. The summed E-state index contributed by atoms with van der Waals surface area (Å²) < 4.78 is 31.5. The van der Waals surface area contributed by atoms with E-state index >= 15 is 0 Å². The van der Waals surface area contributed by atoms with Gasteiger partial charge in [-0.2, -0.15) is 5.10 Å². The molecule has 0 spiro atoms. The van der Waals surface area contributed by atoms with Gasteiger partial charge < -0.3 is 4.74 Å². The number of nitrogens with one attached hydrogen (secondary N) is 2. The van der Waals surface area contributed by atoms with Crippen LogP contribution in [0.2, 0.25) is 0 Å². The Balaban J connectivity index is 2.12. The molecule has 0 radical (unpaired) electrons. The molecule has 0 fully saturated rings. The van der Waals surface area contributed by atoms with Crippen LogP contribution in [0.3, 0.4) is 0 Å². The monoisotopic (exact) mass is 282 g/mol. The van der Waals surface area contributed by atoms with Crippen molar-refractivity contribution >= 4 is 10.0 Å². The molecule has 0 aliphatic carbocycles. The predicted octanol–water partition coefficient (Wildman–Crippen LogP) is 0.600. The highest BCUT2D eigenvalue weighted by atomic mass is 32.2. The Morgan fingerprint density at radius 3 is 2.89 bits per heavy atom. The van der Waals surface area contributed by atoms with Gasteiger partial charge in [-0.1, -0.05) is 0 Å². The maximum Gasteiger partial charge on any atom is 0.244 e. The van der Waals surface area contributed by atoms with Gasteiger partial charge in [0, 0.05) is 18.8 Å². The lowest BCUT2D eigenvalue weighted by Crippen LogP contribution is -2.23. The summed E-state index contributed by atoms with van der Waals surface area (Å²) in [5, 5.41) is 6.29. The summed E-state index contributed by atoms with van der Waals surface area (Å²) in [4.78, 5) is 4.10. The van der Waals surface area contributed by atoms with Crippen molar-refractivity contribution in [2.24, 2.45) is 0 Å². The van der Waals surface area contributed by atoms with Crippen LogP contribution in [0.4, 0.5) is 0 Å². The van der Waals surface area contributed by atoms with Crippen LogP contribution < -0.4 is 9.46 Å². The summed E-state index contributed by atoms with van der Waals surface area (Å²) in [5.41, 5.74) is 1.26. The molecule has 0 aliphatic heterocycles. The van der Waals surface area contributed by atoms with E-state index in [1.165, 1.54) is 13.3 Å². The van der Waals surface area contributed by atoms with Crippen molar-refractivity contribution in [1.29, 1.82) is 0 Å². The largest absolute Gasteiger partial charge is 0.481 e. The van der Waals surface area contributed by atoms with Gasteiger partial charge in [-0.25, -0.2) is 18.1 Å². The maximum atomic E-state index is 12.0. The minimum Gasteiger partial charge on any atom is -0.481 e. The molecule has 0 aromatic carbocycles. The second-order valence-electron chi connectivity index (χ2n) is 3.89. The highest BCUT2D eigenvalue weighted by Gasteiger charge is 2.18. The molecule has 7 nitrogen and oxygen atoms in total. The highest BCUT2D eigenvalue weighted by molar-refractivity contribution is 7.89. The summed E-state index contributed by atoms with van der Waals surface area (Å²) >= 11 is 0. The van der Waals surface area contributed by atoms with Crippen molar-refractivity contribution in [1.82, 2.24) is 19.9 Å². The van der Waals surface area contributed by atoms with Gasteiger partial charge in [0.1, 0.15) is 4.90 Å². The predicted molar refractivity (Wildman–Crippen MR) is 68.1 cm³/mol. The SMILES string of the molecule is COc1cc(CNS(=O)(=O)c2cn[nH]c2C)ccn1. The Kier molecular flexibility index (Phi) is 3.82. The van der Waals surface area contributed by atoms with Gasteiger partial charge in [-0.15, -0.1) is 0 Å². The molecule has 2 heterocycles. The minimum absolute atomic E-state index is 0.147. The van der Waals surface area contributed by atoms with Crippen LogP contribution in [-0.4, -0.2) is 30.7 Å². The fourth-order valence-electron chi connectivity index (χ4n) is 1.54. The number of hydrogen-bond donors (Lipinski definition) is 2. The number of nitrogens with zero attached hydrogens (tertiary/aromatic N) is 2. The Morgan fingerprint density at radius 2 is 2.26 bits per heavy atom. The van der Waals surface area contributed by atoms with Crippen LogP contribution in [0, 0.1) is 6.92 Å². The third-order valence-electron chi connectivity index (χ3n) is 2.55. The molecule has 0 amide bonds. The van der Waals surface area contributed by atoms with Gasteiger partial charge in [0.15, 0.2) is 0 Å². The lowest BCUT2D eigenvalue weighted by molar-refractivity contribution is 0.397. The first-order valence-electron chi connectivity index (χ1n) is 5.51. The van der Waals surface area contributed by atoms with Gasteiger partial charge in [0.25, 0.3) is 0 Å². The number of aromatic amines is 1. The van der Waals surface area contributed by atoms with Crippen molar-refractivity contribution in [3.05, 3.63) is 35.8 Å². The van der Waals surface area contributed by atoms with Crippen molar-refractivity contribution < 1.29 is 13.2 Å². The number of sulfonamides is 1. The van der Waals surface area contributed by atoms with E-state index in [0.29, 0.717) is 11.6 Å². The van der Waals surface area contributed by atoms with Crippen LogP contribution >= 0.6 is 0 Å². The zero-order valence-corrected chi connectivity index (χ0v) is 11.4. The Labute approximate surface area is 111 Å². The van der Waals surface area contributed by atoms with Gasteiger partial charge in [0.2, 0.25) is 15.9 Å². The van der Waals surface area contributed by atoms with Crippen LogP contribution in [0.5, 0.6) is 5.88 Å². The first-order chi connectivity index (χ1) is 9.03. The molecule has 0 atom stereocenters. The second-order valence-corrected chi connectivity index (χ2v) is 5.63. The molecule has 0 unspecified atom stereocenters. The molecule has 2 N–H and O–H groups in total. The minimum atomic E-state index is -3.57. The Morgan fingerprint density at radius 1 is 1.47 bits per heavy atom. The second kappa shape index (κ2) is 5.37. The number of rotatable bonds is 5. The summed E-state index contributed by atoms with van der Waals surface area (Å²) in [6.07, 6.45) is 2.84. The molecule has 0 aliphatic rings. The molecule has 8 heteroatoms. The molecular weight excluding hydrogens is 268 g/mol. The molecular formula is C11H14N4O3S. The fourth-order valence-corrected chi connectivity index (χ4v) is 2.69. The van der Waals surface area contributed by atoms with Crippen molar-refractivity contribution in [2.75, 3.05) is 7.11 Å². The van der Waals surface area contributed by atoms with E-state index in [1.54, 1.807) is 25.3 Å². The van der Waals surface area contributed by atoms with Gasteiger partial charge in [0.05, 0.1) is 19.0 Å². The van der Waals surface area contributed by atoms with Crippen molar-refractivity contribution in [3.8, 4) is 5.88 Å². The molecule has 2 aromatic heterocycles. The molecule has 2 aromatic rings. The number of aryl methyl sites for hydroxylation is 1. The summed E-state index contributed by atoms with van der Waals surface area (Å²) in [6.45, 7) is 1.81. The molecule has 0 saturated heterocycles. The number of methoxy groups -OCH3 is 1. The molecule has 2 rings (SSSR count).